The lowest BCUT2D eigenvalue weighted by molar-refractivity contribution is -0.120. The number of fused-ring (bicyclic) bond motifs is 1. The fourth-order valence-electron chi connectivity index (χ4n) is 3.86. The molecule has 1 atom stereocenters. The second kappa shape index (κ2) is 8.26. The number of amides is 1. The predicted octanol–water partition coefficient (Wildman–Crippen LogP) is 4.46. The molecule has 0 spiro atoms. The molecule has 1 N–H and O–H groups in total. The molecule has 156 valence electrons. The number of carbonyl (C=O) groups is 1. The smallest absolute Gasteiger partial charge is 0.263 e. The third-order valence-corrected chi connectivity index (χ3v) is 5.29. The Hall–Kier alpha value is -3.22. The van der Waals surface area contributed by atoms with Gasteiger partial charge in [-0.3, -0.25) is 9.79 Å². The van der Waals surface area contributed by atoms with Crippen LogP contribution in [0.25, 0.3) is 0 Å². The van der Waals surface area contributed by atoms with E-state index in [1.54, 1.807) is 20.1 Å². The summed E-state index contributed by atoms with van der Waals surface area (Å²) in [5, 5.41) is 2.81. The molecule has 2 heterocycles. The molecule has 2 aromatic carbocycles. The summed E-state index contributed by atoms with van der Waals surface area (Å²) in [5.41, 5.74) is 3.42. The number of methoxy groups -OCH3 is 1. The Morgan fingerprint density at radius 1 is 1.23 bits per heavy atom. The van der Waals surface area contributed by atoms with Gasteiger partial charge in [-0.2, -0.15) is 0 Å². The number of alkyl halides is 2. The number of aryl methyl sites for hydroxylation is 1. The fourth-order valence-corrected chi connectivity index (χ4v) is 3.86. The highest BCUT2D eigenvalue weighted by atomic mass is 19.3. The molecular formula is C23H22F2N2O3. The Labute approximate surface area is 173 Å². The summed E-state index contributed by atoms with van der Waals surface area (Å²) in [6, 6.07) is 10.3. The van der Waals surface area contributed by atoms with Crippen molar-refractivity contribution in [3.8, 4) is 11.5 Å². The Balaban J connectivity index is 1.55. The van der Waals surface area contributed by atoms with E-state index in [1.165, 1.54) is 12.1 Å². The first-order valence-corrected chi connectivity index (χ1v) is 9.68. The van der Waals surface area contributed by atoms with Crippen LogP contribution in [-0.4, -0.2) is 25.4 Å². The van der Waals surface area contributed by atoms with Crippen LogP contribution in [0.2, 0.25) is 0 Å². The van der Waals surface area contributed by atoms with Crippen molar-refractivity contribution >= 4 is 11.7 Å². The monoisotopic (exact) mass is 412 g/mol. The number of benzene rings is 2. The standard InChI is InChI=1S/C23H22F2N2O3/c1-13-7-16(22(24)25)9-17(8-13)30-12-15-4-3-14(10-20(15)29-2)19-11-21(28)27-23-18(19)5-6-26-23/h3-5,7-10,19,22H,6,11-12H2,1-2H3,(H,26,27,28). The van der Waals surface area contributed by atoms with Crippen LogP contribution in [0.5, 0.6) is 11.5 Å². The molecule has 0 saturated carbocycles. The number of hydrogen-bond donors (Lipinski definition) is 1. The van der Waals surface area contributed by atoms with Crippen LogP contribution >= 0.6 is 0 Å². The molecule has 1 fully saturated rings. The second-order valence-electron chi connectivity index (χ2n) is 7.39. The second-order valence-corrected chi connectivity index (χ2v) is 7.39. The number of carbonyl (C=O) groups excluding carboxylic acids is 1. The number of nitrogens with zero attached hydrogens (tertiary/aromatic N) is 1. The van der Waals surface area contributed by atoms with Gasteiger partial charge < -0.3 is 14.8 Å². The minimum Gasteiger partial charge on any atom is -0.496 e. The molecule has 1 saturated heterocycles. The number of hydrogen-bond acceptors (Lipinski definition) is 4. The highest BCUT2D eigenvalue weighted by molar-refractivity contribution is 6.12. The highest BCUT2D eigenvalue weighted by Crippen LogP contribution is 2.36. The minimum absolute atomic E-state index is 0.0570. The normalized spacial score (nSPS) is 17.9. The molecule has 0 radical (unpaired) electrons. The molecule has 2 aliphatic heterocycles. The van der Waals surface area contributed by atoms with Crippen LogP contribution in [0.1, 0.15) is 41.0 Å². The summed E-state index contributed by atoms with van der Waals surface area (Å²) in [7, 11) is 1.57. The number of ether oxygens (including phenoxy) is 2. The van der Waals surface area contributed by atoms with Crippen LogP contribution in [0.4, 0.5) is 8.78 Å². The molecule has 5 nitrogen and oxygen atoms in total. The van der Waals surface area contributed by atoms with Crippen LogP contribution in [-0.2, 0) is 11.4 Å². The Morgan fingerprint density at radius 2 is 2.07 bits per heavy atom. The van der Waals surface area contributed by atoms with Gasteiger partial charge in [0.25, 0.3) is 6.43 Å². The summed E-state index contributed by atoms with van der Waals surface area (Å²) >= 11 is 0. The number of rotatable bonds is 6. The van der Waals surface area contributed by atoms with Crippen LogP contribution in [0, 0.1) is 6.92 Å². The number of amidine groups is 1. The molecule has 4 rings (SSSR count). The van der Waals surface area contributed by atoms with Crippen molar-refractivity contribution < 1.29 is 23.0 Å². The van der Waals surface area contributed by atoms with Crippen molar-refractivity contribution in [3.05, 3.63) is 70.3 Å². The summed E-state index contributed by atoms with van der Waals surface area (Å²) in [5.74, 6) is 1.53. The van der Waals surface area contributed by atoms with E-state index < -0.39 is 6.43 Å². The first-order valence-electron chi connectivity index (χ1n) is 9.68. The lowest BCUT2D eigenvalue weighted by Crippen LogP contribution is -2.38. The zero-order chi connectivity index (χ0) is 21.3. The molecule has 0 aromatic heterocycles. The van der Waals surface area contributed by atoms with Crippen LogP contribution in [0.3, 0.4) is 0 Å². The Bertz CT molecular complexity index is 1050. The van der Waals surface area contributed by atoms with Gasteiger partial charge in [0.15, 0.2) is 0 Å². The third-order valence-electron chi connectivity index (χ3n) is 5.29. The van der Waals surface area contributed by atoms with Gasteiger partial charge in [-0.05, 0) is 36.2 Å². The van der Waals surface area contributed by atoms with Crippen molar-refractivity contribution in [1.82, 2.24) is 5.32 Å². The van der Waals surface area contributed by atoms with E-state index in [9.17, 15) is 13.6 Å². The van der Waals surface area contributed by atoms with Crippen LogP contribution < -0.4 is 14.8 Å². The summed E-state index contributed by atoms with van der Waals surface area (Å²) in [6.45, 7) is 2.50. The largest absolute Gasteiger partial charge is 0.496 e. The topological polar surface area (TPSA) is 59.9 Å². The van der Waals surface area contributed by atoms with E-state index in [4.69, 9.17) is 9.47 Å². The SMILES string of the molecule is COc1cc(C2CC(=O)NC3=NCC=C32)ccc1COc1cc(C)cc(C(F)F)c1. The molecule has 2 aliphatic rings. The van der Waals surface area contributed by atoms with E-state index in [2.05, 4.69) is 10.3 Å². The fraction of sp³-hybridized carbons (Fsp3) is 0.304. The van der Waals surface area contributed by atoms with E-state index in [-0.39, 0.29) is 24.0 Å². The molecule has 0 bridgehead atoms. The number of nitrogens with one attached hydrogen (secondary N) is 1. The zero-order valence-electron chi connectivity index (χ0n) is 16.7. The summed E-state index contributed by atoms with van der Waals surface area (Å²) in [6.07, 6.45) is -0.169. The highest BCUT2D eigenvalue weighted by Gasteiger charge is 2.32. The first-order chi connectivity index (χ1) is 14.4. The molecule has 30 heavy (non-hydrogen) atoms. The van der Waals surface area contributed by atoms with E-state index >= 15 is 0 Å². The van der Waals surface area contributed by atoms with Gasteiger partial charge in [-0.25, -0.2) is 8.78 Å². The van der Waals surface area contributed by atoms with Crippen molar-refractivity contribution in [1.29, 1.82) is 0 Å². The lowest BCUT2D eigenvalue weighted by atomic mass is 9.84. The number of halogens is 2. The maximum atomic E-state index is 13.0. The summed E-state index contributed by atoms with van der Waals surface area (Å²) in [4.78, 5) is 16.4. The zero-order valence-corrected chi connectivity index (χ0v) is 16.7. The van der Waals surface area contributed by atoms with Crippen molar-refractivity contribution in [2.45, 2.75) is 32.3 Å². The lowest BCUT2D eigenvalue weighted by Gasteiger charge is -2.26. The van der Waals surface area contributed by atoms with Gasteiger partial charge in [0.1, 0.15) is 23.9 Å². The first kappa shape index (κ1) is 20.1. The maximum absolute atomic E-state index is 13.0. The van der Waals surface area contributed by atoms with E-state index in [0.717, 1.165) is 16.7 Å². The summed E-state index contributed by atoms with van der Waals surface area (Å²) < 4.78 is 37.4. The molecule has 7 heteroatoms. The molecular weight excluding hydrogens is 390 g/mol. The molecule has 2 aromatic rings. The molecule has 0 aliphatic carbocycles. The van der Waals surface area contributed by atoms with Gasteiger partial charge >= 0.3 is 0 Å². The van der Waals surface area contributed by atoms with Gasteiger partial charge in [0, 0.05) is 29.0 Å². The van der Waals surface area contributed by atoms with Gasteiger partial charge in [-0.15, -0.1) is 0 Å². The van der Waals surface area contributed by atoms with Gasteiger partial charge in [0.05, 0.1) is 13.7 Å². The van der Waals surface area contributed by atoms with Gasteiger partial charge in [0.2, 0.25) is 5.91 Å². The van der Waals surface area contributed by atoms with Gasteiger partial charge in [-0.1, -0.05) is 24.3 Å². The average Bonchev–Trinajstić information content (AvgIpc) is 3.19. The number of aliphatic imine (C=N–C) groups is 1. The van der Waals surface area contributed by atoms with Crippen molar-refractivity contribution in [3.63, 3.8) is 0 Å². The Kier molecular flexibility index (Phi) is 5.53. The van der Waals surface area contributed by atoms with Crippen molar-refractivity contribution in [2.75, 3.05) is 13.7 Å². The van der Waals surface area contributed by atoms with E-state index in [0.29, 0.717) is 35.9 Å². The quantitative estimate of drug-likeness (QED) is 0.762. The average molecular weight is 412 g/mol. The maximum Gasteiger partial charge on any atom is 0.263 e. The van der Waals surface area contributed by atoms with Crippen molar-refractivity contribution in [2.24, 2.45) is 4.99 Å². The van der Waals surface area contributed by atoms with E-state index in [1.807, 2.05) is 24.3 Å². The van der Waals surface area contributed by atoms with Crippen LogP contribution in [0.15, 0.2) is 53.0 Å². The number of piperidine rings is 1. The minimum atomic E-state index is -2.55. The third kappa shape index (κ3) is 4.06. The predicted molar refractivity (Wildman–Crippen MR) is 109 cm³/mol. The molecule has 1 unspecified atom stereocenters. The Morgan fingerprint density at radius 3 is 2.83 bits per heavy atom. The molecule has 1 amide bonds.